The smallest absolute Gasteiger partial charge is 0.376 e. The molecule has 0 aliphatic carbocycles. The largest absolute Gasteiger partial charge is 0.488 e. The number of phosphoric ester groups is 1. The molecule has 0 aliphatic heterocycles. The second-order valence-corrected chi connectivity index (χ2v) is 6.74. The fourth-order valence-electron chi connectivity index (χ4n) is 2.00. The molecule has 0 bridgehead atoms. The van der Waals surface area contributed by atoms with Crippen LogP contribution in [0.4, 0.5) is 0 Å². The number of hydrogen-bond acceptors (Lipinski definition) is 13. The van der Waals surface area contributed by atoms with Gasteiger partial charge in [0.2, 0.25) is 0 Å². The van der Waals surface area contributed by atoms with Gasteiger partial charge in [0.05, 0.1) is 0 Å². The van der Waals surface area contributed by atoms with Crippen LogP contribution >= 0.6 is 7.82 Å². The highest BCUT2D eigenvalue weighted by Gasteiger charge is 2.54. The van der Waals surface area contributed by atoms with Gasteiger partial charge in [0.1, 0.15) is 19.8 Å². The summed E-state index contributed by atoms with van der Waals surface area (Å²) in [5.41, 5.74) is 0. The van der Waals surface area contributed by atoms with Crippen LogP contribution < -0.4 is 0 Å². The van der Waals surface area contributed by atoms with Crippen molar-refractivity contribution in [2.45, 2.75) is 17.9 Å². The van der Waals surface area contributed by atoms with Crippen LogP contribution in [0.2, 0.25) is 0 Å². The lowest BCUT2D eigenvalue weighted by molar-refractivity contribution is -0.390. The van der Waals surface area contributed by atoms with Gasteiger partial charge in [-0.15, -0.1) is 0 Å². The van der Waals surface area contributed by atoms with Crippen LogP contribution in [0.5, 0.6) is 0 Å². The van der Waals surface area contributed by atoms with Crippen molar-refractivity contribution in [3.8, 4) is 0 Å². The highest BCUT2D eigenvalue weighted by Crippen LogP contribution is 2.58. The lowest BCUT2D eigenvalue weighted by atomic mass is 10.6. The van der Waals surface area contributed by atoms with Gasteiger partial charge in [0, 0.05) is 64.0 Å². The Balaban J connectivity index is 6.24. The van der Waals surface area contributed by atoms with E-state index in [1.54, 1.807) is 0 Å². The molecule has 0 heterocycles. The first-order valence-electron chi connectivity index (χ1n) is 8.17. The molecule has 176 valence electrons. The Morgan fingerprint density at radius 1 is 0.483 bits per heavy atom. The van der Waals surface area contributed by atoms with Gasteiger partial charge in [0.15, 0.2) is 0 Å². The van der Waals surface area contributed by atoms with Crippen LogP contribution in [0.25, 0.3) is 0 Å². The Morgan fingerprint density at radius 2 is 0.690 bits per heavy atom. The summed E-state index contributed by atoms with van der Waals surface area (Å²) in [6, 6.07) is 0. The van der Waals surface area contributed by atoms with Gasteiger partial charge in [-0.05, 0) is 0 Å². The third kappa shape index (κ3) is 8.07. The first kappa shape index (κ1) is 28.8. The van der Waals surface area contributed by atoms with Gasteiger partial charge in [-0.2, -0.15) is 0 Å². The molecule has 0 aromatic carbocycles. The van der Waals surface area contributed by atoms with Gasteiger partial charge in [0.25, 0.3) is 0 Å². The van der Waals surface area contributed by atoms with Gasteiger partial charge in [-0.3, -0.25) is 0 Å². The van der Waals surface area contributed by atoms with Crippen molar-refractivity contribution in [3.05, 3.63) is 0 Å². The summed E-state index contributed by atoms with van der Waals surface area (Å²) < 4.78 is 76.3. The summed E-state index contributed by atoms with van der Waals surface area (Å²) in [6.45, 7) is -0.943. The van der Waals surface area contributed by atoms with E-state index in [0.717, 1.165) is 0 Å². The Bertz CT molecular complexity index is 410. The van der Waals surface area contributed by atoms with Crippen molar-refractivity contribution >= 4 is 7.82 Å². The summed E-state index contributed by atoms with van der Waals surface area (Å²) in [7, 11) is 6.68. The minimum absolute atomic E-state index is 0.314. The highest BCUT2D eigenvalue weighted by molar-refractivity contribution is 7.48. The van der Waals surface area contributed by atoms with E-state index in [-0.39, 0.29) is 19.8 Å². The maximum absolute atomic E-state index is 13.7. The van der Waals surface area contributed by atoms with Crippen molar-refractivity contribution in [2.75, 3.05) is 83.8 Å². The number of hydrogen-bond donors (Lipinski definition) is 0. The molecule has 0 aromatic heterocycles. The van der Waals surface area contributed by atoms with Crippen molar-refractivity contribution in [3.63, 3.8) is 0 Å². The average Bonchev–Trinajstić information content (AvgIpc) is 2.72. The molecular weight excluding hydrogens is 419 g/mol. The van der Waals surface area contributed by atoms with Crippen molar-refractivity contribution in [2.24, 2.45) is 0 Å². The van der Waals surface area contributed by atoms with E-state index >= 15 is 0 Å². The molecule has 0 N–H and O–H groups in total. The lowest BCUT2D eigenvalue weighted by Gasteiger charge is -2.39. The molecule has 14 heteroatoms. The fourth-order valence-corrected chi connectivity index (χ4v) is 3.74. The summed E-state index contributed by atoms with van der Waals surface area (Å²) in [4.78, 5) is 0. The number of rotatable bonds is 18. The minimum Gasteiger partial charge on any atom is -0.376 e. The van der Waals surface area contributed by atoms with E-state index in [9.17, 15) is 4.57 Å². The normalized spacial score (nSPS) is 13.8. The van der Waals surface area contributed by atoms with Crippen molar-refractivity contribution in [1.29, 1.82) is 0 Å². The Kier molecular flexibility index (Phi) is 13.1. The zero-order chi connectivity index (χ0) is 22.6. The first-order valence-corrected chi connectivity index (χ1v) is 9.63. The Labute approximate surface area is 171 Å². The quantitative estimate of drug-likeness (QED) is 0.216. The van der Waals surface area contributed by atoms with E-state index in [0.29, 0.717) is 0 Å². The summed E-state index contributed by atoms with van der Waals surface area (Å²) >= 11 is 0. The molecule has 0 spiro atoms. The molecule has 0 amide bonds. The molecule has 0 saturated heterocycles. The van der Waals surface area contributed by atoms with E-state index in [2.05, 4.69) is 0 Å². The summed E-state index contributed by atoms with van der Waals surface area (Å²) in [5.74, 6) is -5.99. The van der Waals surface area contributed by atoms with Crippen LogP contribution in [0.15, 0.2) is 0 Å². The molecule has 0 saturated carbocycles. The zero-order valence-electron chi connectivity index (χ0n) is 18.4. The monoisotopic (exact) mass is 452 g/mol. The standard InChI is InChI=1S/C15H33O13P/c1-17-10-13(20-4,21-5)26-29(16,27-14(22-6,23-7)11-18-2)28-15(24-8,25-9)12-19-3/h10-12H2,1-9H3. The molecule has 29 heavy (non-hydrogen) atoms. The summed E-state index contributed by atoms with van der Waals surface area (Å²) in [5, 5.41) is 0. The third-order valence-corrected chi connectivity index (χ3v) is 5.09. The first-order chi connectivity index (χ1) is 13.7. The summed E-state index contributed by atoms with van der Waals surface area (Å²) in [6.07, 6.45) is 0. The van der Waals surface area contributed by atoms with Gasteiger partial charge in [-0.1, -0.05) is 0 Å². The SMILES string of the molecule is COCC(OC)(OC)OP(=O)(OC(COC)(OC)OC)OC(COC)(OC)OC. The maximum Gasteiger partial charge on any atom is 0.488 e. The second-order valence-electron chi connectivity index (χ2n) is 5.29. The van der Waals surface area contributed by atoms with Crippen LogP contribution in [0, 0.1) is 0 Å². The number of ether oxygens (including phenoxy) is 9. The predicted molar refractivity (Wildman–Crippen MR) is 96.7 cm³/mol. The Morgan fingerprint density at radius 3 is 0.828 bits per heavy atom. The molecular formula is C15H33O13P. The number of phosphoric acid groups is 1. The molecule has 0 unspecified atom stereocenters. The molecule has 0 radical (unpaired) electrons. The molecule has 0 fully saturated rings. The van der Waals surface area contributed by atoms with Gasteiger partial charge < -0.3 is 42.6 Å². The number of methoxy groups -OCH3 is 9. The van der Waals surface area contributed by atoms with E-state index in [1.807, 2.05) is 0 Å². The lowest BCUT2D eigenvalue weighted by Crippen LogP contribution is -2.48. The van der Waals surface area contributed by atoms with Gasteiger partial charge >= 0.3 is 25.7 Å². The third-order valence-electron chi connectivity index (χ3n) is 3.58. The average molecular weight is 452 g/mol. The van der Waals surface area contributed by atoms with Crippen molar-refractivity contribution in [1.82, 2.24) is 0 Å². The van der Waals surface area contributed by atoms with Crippen LogP contribution in [0.3, 0.4) is 0 Å². The van der Waals surface area contributed by atoms with E-state index < -0.39 is 25.7 Å². The van der Waals surface area contributed by atoms with Crippen LogP contribution in [-0.4, -0.2) is 102 Å². The van der Waals surface area contributed by atoms with Crippen molar-refractivity contribution < 1.29 is 60.8 Å². The Hall–Kier alpha value is -0.250. The highest BCUT2D eigenvalue weighted by atomic mass is 31.2. The predicted octanol–water partition coefficient (Wildman–Crippen LogP) is 0.923. The van der Waals surface area contributed by atoms with Gasteiger partial charge in [-0.25, -0.2) is 18.1 Å². The molecule has 0 rings (SSSR count). The minimum atomic E-state index is -4.76. The van der Waals surface area contributed by atoms with E-state index in [1.165, 1.54) is 64.0 Å². The van der Waals surface area contributed by atoms with Crippen LogP contribution in [-0.2, 0) is 60.8 Å². The molecule has 0 aromatic rings. The zero-order valence-corrected chi connectivity index (χ0v) is 19.3. The van der Waals surface area contributed by atoms with Crippen LogP contribution in [0.1, 0.15) is 0 Å². The molecule has 0 atom stereocenters. The van der Waals surface area contributed by atoms with E-state index in [4.69, 9.17) is 56.2 Å². The molecule has 0 aliphatic rings. The topological polar surface area (TPSA) is 128 Å². The molecule has 13 nitrogen and oxygen atoms in total. The maximum atomic E-state index is 13.7. The second kappa shape index (κ2) is 13.2. The fraction of sp³-hybridized carbons (Fsp3) is 1.00.